The fraction of sp³-hybridized carbons (Fsp3) is 0.0526. The summed E-state index contributed by atoms with van der Waals surface area (Å²) in [6, 6.07) is 14.1. The lowest BCUT2D eigenvalue weighted by Crippen LogP contribution is -2.25. The standard InChI is InChI=1S/C19H14N4O2/c24-18(21-12-13-5-3-9-20-11-13)15-7-4-10-23-17(15)22-16-8-2-1-6-14(16)19(23)25/h1-11H,12H2,(H,21,24). The summed E-state index contributed by atoms with van der Waals surface area (Å²) in [6.07, 6.45) is 4.99. The molecular formula is C19H14N4O2. The Morgan fingerprint density at radius 1 is 1.08 bits per heavy atom. The minimum absolute atomic E-state index is 0.192. The van der Waals surface area contributed by atoms with Gasteiger partial charge in [0.05, 0.1) is 16.5 Å². The summed E-state index contributed by atoms with van der Waals surface area (Å²) in [5.41, 5.74) is 1.97. The highest BCUT2D eigenvalue weighted by molar-refractivity contribution is 6.00. The zero-order valence-electron chi connectivity index (χ0n) is 13.2. The van der Waals surface area contributed by atoms with Crippen molar-refractivity contribution in [2.45, 2.75) is 6.54 Å². The van der Waals surface area contributed by atoms with E-state index in [1.165, 1.54) is 4.40 Å². The number of carbonyl (C=O) groups is 1. The van der Waals surface area contributed by atoms with Gasteiger partial charge in [-0.05, 0) is 35.9 Å². The molecule has 4 aromatic rings. The van der Waals surface area contributed by atoms with Crippen molar-refractivity contribution in [3.8, 4) is 0 Å². The lowest BCUT2D eigenvalue weighted by Gasteiger charge is -2.09. The second-order valence-corrected chi connectivity index (χ2v) is 5.59. The monoisotopic (exact) mass is 330 g/mol. The Labute approximate surface area is 142 Å². The van der Waals surface area contributed by atoms with Crippen molar-refractivity contribution in [3.05, 3.63) is 88.6 Å². The summed E-state index contributed by atoms with van der Waals surface area (Å²) >= 11 is 0. The molecule has 1 amide bonds. The molecule has 0 unspecified atom stereocenters. The van der Waals surface area contributed by atoms with Gasteiger partial charge in [-0.15, -0.1) is 0 Å². The number of pyridine rings is 2. The van der Waals surface area contributed by atoms with E-state index < -0.39 is 0 Å². The average Bonchev–Trinajstić information content (AvgIpc) is 2.67. The van der Waals surface area contributed by atoms with Crippen LogP contribution in [0.2, 0.25) is 0 Å². The molecule has 0 aliphatic heterocycles. The van der Waals surface area contributed by atoms with E-state index in [2.05, 4.69) is 15.3 Å². The van der Waals surface area contributed by atoms with Crippen molar-refractivity contribution in [2.24, 2.45) is 0 Å². The number of hydrogen-bond acceptors (Lipinski definition) is 4. The molecular weight excluding hydrogens is 316 g/mol. The number of nitrogens with one attached hydrogen (secondary N) is 1. The van der Waals surface area contributed by atoms with Crippen LogP contribution in [0.4, 0.5) is 0 Å². The molecule has 25 heavy (non-hydrogen) atoms. The molecule has 0 saturated heterocycles. The molecule has 6 nitrogen and oxygen atoms in total. The Morgan fingerprint density at radius 2 is 1.96 bits per heavy atom. The molecule has 0 bridgehead atoms. The molecule has 1 N–H and O–H groups in total. The minimum atomic E-state index is -0.288. The highest BCUT2D eigenvalue weighted by Gasteiger charge is 2.14. The molecule has 0 fully saturated rings. The predicted octanol–water partition coefficient (Wildman–Crippen LogP) is 2.17. The van der Waals surface area contributed by atoms with E-state index in [0.29, 0.717) is 28.7 Å². The van der Waals surface area contributed by atoms with Gasteiger partial charge in [0.25, 0.3) is 11.5 Å². The largest absolute Gasteiger partial charge is 0.348 e. The summed E-state index contributed by atoms with van der Waals surface area (Å²) in [5, 5.41) is 3.36. The molecule has 6 heteroatoms. The van der Waals surface area contributed by atoms with Gasteiger partial charge in [0.1, 0.15) is 0 Å². The fourth-order valence-corrected chi connectivity index (χ4v) is 2.73. The van der Waals surface area contributed by atoms with Gasteiger partial charge in [-0.3, -0.25) is 19.0 Å². The first-order chi connectivity index (χ1) is 12.2. The van der Waals surface area contributed by atoms with Gasteiger partial charge in [0.2, 0.25) is 0 Å². The zero-order valence-corrected chi connectivity index (χ0v) is 13.2. The van der Waals surface area contributed by atoms with Crippen LogP contribution in [0.25, 0.3) is 16.6 Å². The van der Waals surface area contributed by atoms with E-state index in [-0.39, 0.29) is 11.5 Å². The van der Waals surface area contributed by atoms with Crippen LogP contribution in [-0.2, 0) is 6.54 Å². The van der Waals surface area contributed by atoms with Crippen LogP contribution >= 0.6 is 0 Å². The number of hydrogen-bond donors (Lipinski definition) is 1. The van der Waals surface area contributed by atoms with Gasteiger partial charge in [0.15, 0.2) is 5.65 Å². The number of fused-ring (bicyclic) bond motifs is 2. The Bertz CT molecular complexity index is 1140. The van der Waals surface area contributed by atoms with Gasteiger partial charge >= 0.3 is 0 Å². The summed E-state index contributed by atoms with van der Waals surface area (Å²) in [4.78, 5) is 33.7. The smallest absolute Gasteiger partial charge is 0.265 e. The second-order valence-electron chi connectivity index (χ2n) is 5.59. The number of benzene rings is 1. The summed E-state index contributed by atoms with van der Waals surface area (Å²) in [7, 11) is 0. The van der Waals surface area contributed by atoms with Crippen LogP contribution in [0.3, 0.4) is 0 Å². The van der Waals surface area contributed by atoms with Crippen LogP contribution < -0.4 is 10.9 Å². The third-order valence-corrected chi connectivity index (χ3v) is 3.97. The van der Waals surface area contributed by atoms with Crippen molar-refractivity contribution in [1.29, 1.82) is 0 Å². The SMILES string of the molecule is O=C(NCc1cccnc1)c1cccn2c(=O)c3ccccc3nc12. The van der Waals surface area contributed by atoms with Crippen molar-refractivity contribution >= 4 is 22.5 Å². The second kappa shape index (κ2) is 6.16. The Morgan fingerprint density at radius 3 is 2.80 bits per heavy atom. The Balaban J connectivity index is 1.76. The van der Waals surface area contributed by atoms with E-state index in [1.54, 1.807) is 48.9 Å². The molecule has 0 radical (unpaired) electrons. The van der Waals surface area contributed by atoms with Crippen molar-refractivity contribution < 1.29 is 4.79 Å². The molecule has 122 valence electrons. The van der Waals surface area contributed by atoms with Gasteiger partial charge < -0.3 is 5.32 Å². The Kier molecular flexibility index (Phi) is 3.70. The molecule has 0 atom stereocenters. The quantitative estimate of drug-likeness (QED) is 0.584. The van der Waals surface area contributed by atoms with Gasteiger partial charge in [-0.2, -0.15) is 0 Å². The summed E-state index contributed by atoms with van der Waals surface area (Å²) in [5.74, 6) is -0.288. The number of carbonyl (C=O) groups excluding carboxylic acids is 1. The average molecular weight is 330 g/mol. The number of para-hydroxylation sites is 1. The van der Waals surface area contributed by atoms with Crippen LogP contribution in [-0.4, -0.2) is 20.3 Å². The fourth-order valence-electron chi connectivity index (χ4n) is 2.73. The maximum Gasteiger partial charge on any atom is 0.265 e. The first kappa shape index (κ1) is 15.0. The summed E-state index contributed by atoms with van der Waals surface area (Å²) in [6.45, 7) is 0.353. The maximum atomic E-state index is 12.6. The van der Waals surface area contributed by atoms with Crippen molar-refractivity contribution in [1.82, 2.24) is 19.7 Å². The zero-order chi connectivity index (χ0) is 17.2. The normalized spacial score (nSPS) is 10.9. The first-order valence-corrected chi connectivity index (χ1v) is 7.81. The van der Waals surface area contributed by atoms with Gasteiger partial charge in [-0.1, -0.05) is 18.2 Å². The van der Waals surface area contributed by atoms with Crippen LogP contribution in [0, 0.1) is 0 Å². The lowest BCUT2D eigenvalue weighted by molar-refractivity contribution is 0.0952. The number of nitrogens with zero attached hydrogens (tertiary/aromatic N) is 3. The molecule has 0 aliphatic carbocycles. The highest BCUT2D eigenvalue weighted by atomic mass is 16.1. The van der Waals surface area contributed by atoms with Gasteiger partial charge in [0, 0.05) is 25.1 Å². The van der Waals surface area contributed by atoms with E-state index in [0.717, 1.165) is 5.56 Å². The molecule has 1 aromatic carbocycles. The maximum absolute atomic E-state index is 12.6. The number of aromatic nitrogens is 3. The van der Waals surface area contributed by atoms with Crippen LogP contribution in [0.5, 0.6) is 0 Å². The lowest BCUT2D eigenvalue weighted by atomic mass is 10.2. The molecule has 3 heterocycles. The van der Waals surface area contributed by atoms with E-state index in [1.807, 2.05) is 18.2 Å². The van der Waals surface area contributed by atoms with Crippen molar-refractivity contribution in [2.75, 3.05) is 0 Å². The highest BCUT2D eigenvalue weighted by Crippen LogP contribution is 2.12. The topological polar surface area (TPSA) is 76.4 Å². The third-order valence-electron chi connectivity index (χ3n) is 3.97. The van der Waals surface area contributed by atoms with Gasteiger partial charge in [-0.25, -0.2) is 4.98 Å². The van der Waals surface area contributed by atoms with Crippen LogP contribution in [0.1, 0.15) is 15.9 Å². The molecule has 0 aliphatic rings. The van der Waals surface area contributed by atoms with E-state index in [4.69, 9.17) is 0 Å². The molecule has 4 rings (SSSR count). The predicted molar refractivity (Wildman–Crippen MR) is 94.4 cm³/mol. The number of amides is 1. The molecule has 0 saturated carbocycles. The summed E-state index contributed by atoms with van der Waals surface area (Å²) < 4.78 is 1.40. The Hall–Kier alpha value is -3.54. The molecule has 0 spiro atoms. The number of rotatable bonds is 3. The van der Waals surface area contributed by atoms with E-state index in [9.17, 15) is 9.59 Å². The van der Waals surface area contributed by atoms with Crippen LogP contribution in [0.15, 0.2) is 71.9 Å². The molecule has 3 aromatic heterocycles. The van der Waals surface area contributed by atoms with E-state index >= 15 is 0 Å². The first-order valence-electron chi connectivity index (χ1n) is 7.81. The minimum Gasteiger partial charge on any atom is -0.348 e. The third kappa shape index (κ3) is 2.74. The van der Waals surface area contributed by atoms with Crippen molar-refractivity contribution in [3.63, 3.8) is 0 Å².